The van der Waals surface area contributed by atoms with E-state index < -0.39 is 0 Å². The van der Waals surface area contributed by atoms with E-state index in [1.807, 2.05) is 30.3 Å². The monoisotopic (exact) mass is 500 g/mol. The second kappa shape index (κ2) is 13.0. The molecule has 0 atom stereocenters. The van der Waals surface area contributed by atoms with E-state index in [-0.39, 0.29) is 24.0 Å². The Balaban J connectivity index is 0.00000392. The molecule has 8 heteroatoms. The second-order valence-electron chi connectivity index (χ2n) is 5.88. The average Bonchev–Trinajstić information content (AvgIpc) is 2.71. The summed E-state index contributed by atoms with van der Waals surface area (Å²) in [5, 5.41) is 3.12. The number of halogens is 1. The van der Waals surface area contributed by atoms with Crippen LogP contribution in [-0.2, 0) is 13.0 Å². The number of hydrogen-bond donors (Lipinski definition) is 2. The van der Waals surface area contributed by atoms with Crippen LogP contribution in [0, 0.1) is 0 Å². The van der Waals surface area contributed by atoms with Crippen LogP contribution in [0.25, 0.3) is 0 Å². The number of pyridine rings is 1. The van der Waals surface area contributed by atoms with E-state index >= 15 is 0 Å². The van der Waals surface area contributed by atoms with Crippen molar-refractivity contribution >= 4 is 29.9 Å². The van der Waals surface area contributed by atoms with Crippen LogP contribution in [0.3, 0.4) is 0 Å². The van der Waals surface area contributed by atoms with Gasteiger partial charge < -0.3 is 25.3 Å². The van der Waals surface area contributed by atoms with Gasteiger partial charge in [0.05, 0.1) is 27.4 Å². The quantitative estimate of drug-likeness (QED) is 0.296. The Morgan fingerprint density at radius 1 is 1.18 bits per heavy atom. The van der Waals surface area contributed by atoms with Gasteiger partial charge in [0.2, 0.25) is 5.88 Å². The molecular weight excluding hydrogens is 471 g/mol. The highest BCUT2D eigenvalue weighted by Gasteiger charge is 2.06. The predicted molar refractivity (Wildman–Crippen MR) is 122 cm³/mol. The Bertz CT molecular complexity index is 756. The zero-order valence-electron chi connectivity index (χ0n) is 16.6. The lowest BCUT2D eigenvalue weighted by atomic mass is 10.1. The summed E-state index contributed by atoms with van der Waals surface area (Å²) in [5.74, 6) is 2.43. The van der Waals surface area contributed by atoms with Crippen LogP contribution in [0.1, 0.15) is 24.5 Å². The predicted octanol–water partition coefficient (Wildman–Crippen LogP) is 3.15. The molecule has 7 nitrogen and oxygen atoms in total. The van der Waals surface area contributed by atoms with Crippen LogP contribution in [0.4, 0.5) is 0 Å². The van der Waals surface area contributed by atoms with Gasteiger partial charge in [-0.3, -0.25) is 0 Å². The summed E-state index contributed by atoms with van der Waals surface area (Å²) in [6.07, 6.45) is 3.43. The van der Waals surface area contributed by atoms with Crippen molar-refractivity contribution in [3.8, 4) is 17.4 Å². The largest absolute Gasteiger partial charge is 0.493 e. The highest BCUT2D eigenvalue weighted by atomic mass is 127. The van der Waals surface area contributed by atoms with Gasteiger partial charge in [-0.2, -0.15) is 0 Å². The number of nitrogens with two attached hydrogens (primary N) is 1. The van der Waals surface area contributed by atoms with Gasteiger partial charge in [0, 0.05) is 18.3 Å². The number of ether oxygens (including phenoxy) is 3. The molecule has 2 rings (SSSR count). The first-order valence-corrected chi connectivity index (χ1v) is 8.99. The molecule has 28 heavy (non-hydrogen) atoms. The molecule has 0 aliphatic rings. The molecule has 0 saturated carbocycles. The molecule has 0 bridgehead atoms. The van der Waals surface area contributed by atoms with E-state index in [4.69, 9.17) is 19.9 Å². The lowest BCUT2D eigenvalue weighted by molar-refractivity contribution is 0.302. The molecule has 2 aromatic rings. The molecule has 0 spiro atoms. The van der Waals surface area contributed by atoms with Gasteiger partial charge >= 0.3 is 0 Å². The molecule has 0 aliphatic heterocycles. The van der Waals surface area contributed by atoms with Crippen LogP contribution in [0.15, 0.2) is 41.5 Å². The minimum atomic E-state index is 0. The van der Waals surface area contributed by atoms with Crippen LogP contribution >= 0.6 is 24.0 Å². The van der Waals surface area contributed by atoms with Crippen LogP contribution in [-0.4, -0.2) is 38.3 Å². The fourth-order valence-electron chi connectivity index (χ4n) is 2.47. The van der Waals surface area contributed by atoms with Gasteiger partial charge in [-0.1, -0.05) is 19.1 Å². The van der Waals surface area contributed by atoms with Crippen LogP contribution < -0.4 is 25.3 Å². The van der Waals surface area contributed by atoms with Crippen molar-refractivity contribution in [1.82, 2.24) is 10.3 Å². The summed E-state index contributed by atoms with van der Waals surface area (Å²) in [7, 11) is 3.25. The van der Waals surface area contributed by atoms with Crippen molar-refractivity contribution in [3.63, 3.8) is 0 Å². The van der Waals surface area contributed by atoms with E-state index in [2.05, 4.69) is 22.2 Å². The van der Waals surface area contributed by atoms with Gasteiger partial charge in [-0.25, -0.2) is 9.98 Å². The molecule has 0 radical (unpaired) electrons. The number of hydrogen-bond acceptors (Lipinski definition) is 5. The smallest absolute Gasteiger partial charge is 0.218 e. The Kier molecular flexibility index (Phi) is 11.1. The molecule has 0 unspecified atom stereocenters. The third kappa shape index (κ3) is 7.41. The van der Waals surface area contributed by atoms with E-state index in [1.54, 1.807) is 20.4 Å². The Morgan fingerprint density at radius 2 is 1.96 bits per heavy atom. The summed E-state index contributed by atoms with van der Waals surface area (Å²) in [5.41, 5.74) is 8.00. The maximum Gasteiger partial charge on any atom is 0.218 e. The van der Waals surface area contributed by atoms with E-state index in [0.717, 1.165) is 24.0 Å². The molecular formula is C20H29IN4O3. The summed E-state index contributed by atoms with van der Waals surface area (Å²) in [6, 6.07) is 9.67. The molecule has 3 N–H and O–H groups in total. The van der Waals surface area contributed by atoms with Crippen molar-refractivity contribution < 1.29 is 14.2 Å². The highest BCUT2D eigenvalue weighted by Crippen LogP contribution is 2.27. The molecule has 1 heterocycles. The van der Waals surface area contributed by atoms with Crippen molar-refractivity contribution in [1.29, 1.82) is 0 Å². The Morgan fingerprint density at radius 3 is 2.68 bits per heavy atom. The third-order valence-corrected chi connectivity index (χ3v) is 3.88. The third-order valence-electron chi connectivity index (χ3n) is 3.88. The Labute approximate surface area is 183 Å². The number of nitrogens with one attached hydrogen (secondary N) is 1. The Hall–Kier alpha value is -2.23. The summed E-state index contributed by atoms with van der Waals surface area (Å²) in [6.45, 7) is 3.77. The number of nitrogens with zero attached hydrogens (tertiary/aromatic N) is 2. The maximum atomic E-state index is 5.97. The maximum absolute atomic E-state index is 5.97. The number of methoxy groups -OCH3 is 2. The van der Waals surface area contributed by atoms with Crippen LogP contribution in [0.5, 0.6) is 17.4 Å². The molecule has 0 fully saturated rings. The van der Waals surface area contributed by atoms with E-state index in [9.17, 15) is 0 Å². The zero-order valence-corrected chi connectivity index (χ0v) is 18.9. The standard InChI is InChI=1S/C20H28N4O3.HI/c1-4-12-27-19-16(6-5-10-22-19)14-24-20(21)23-11-9-15-7-8-17(25-2)18(13-15)26-3;/h5-8,10,13H,4,9,11-12,14H2,1-3H3,(H3,21,23,24);1H. The van der Waals surface area contributed by atoms with Crippen LogP contribution in [0.2, 0.25) is 0 Å². The number of guanidine groups is 1. The van der Waals surface area contributed by atoms with Crippen molar-refractivity contribution in [2.45, 2.75) is 26.3 Å². The van der Waals surface area contributed by atoms with Gasteiger partial charge in [0.25, 0.3) is 0 Å². The molecule has 154 valence electrons. The second-order valence-corrected chi connectivity index (χ2v) is 5.88. The van der Waals surface area contributed by atoms with E-state index in [1.165, 1.54) is 0 Å². The van der Waals surface area contributed by atoms with Crippen molar-refractivity contribution in [2.24, 2.45) is 10.7 Å². The molecule has 0 aliphatic carbocycles. The van der Waals surface area contributed by atoms with E-state index in [0.29, 0.717) is 43.0 Å². The highest BCUT2D eigenvalue weighted by molar-refractivity contribution is 14.0. The van der Waals surface area contributed by atoms with Gasteiger partial charge in [-0.15, -0.1) is 24.0 Å². The summed E-state index contributed by atoms with van der Waals surface area (Å²) >= 11 is 0. The number of aromatic nitrogens is 1. The van der Waals surface area contributed by atoms with Gasteiger partial charge in [-0.05, 0) is 36.6 Å². The topological polar surface area (TPSA) is 91.0 Å². The first-order chi connectivity index (χ1) is 13.2. The lowest BCUT2D eigenvalue weighted by Crippen LogP contribution is -2.33. The number of aliphatic imine (C=N–C) groups is 1. The minimum absolute atomic E-state index is 0. The van der Waals surface area contributed by atoms with Crippen molar-refractivity contribution in [2.75, 3.05) is 27.4 Å². The normalized spacial score (nSPS) is 10.8. The first-order valence-electron chi connectivity index (χ1n) is 8.99. The van der Waals surface area contributed by atoms with Gasteiger partial charge in [0.15, 0.2) is 17.5 Å². The first kappa shape index (κ1) is 23.8. The molecule has 0 amide bonds. The van der Waals surface area contributed by atoms with Crippen molar-refractivity contribution in [3.05, 3.63) is 47.7 Å². The average molecular weight is 500 g/mol. The minimum Gasteiger partial charge on any atom is -0.493 e. The number of benzene rings is 1. The number of rotatable bonds is 10. The fraction of sp³-hybridized carbons (Fsp3) is 0.400. The molecule has 1 aromatic heterocycles. The summed E-state index contributed by atoms with van der Waals surface area (Å²) < 4.78 is 16.2. The SMILES string of the molecule is CCCOc1ncccc1CN=C(N)NCCc1ccc(OC)c(OC)c1.I. The summed E-state index contributed by atoms with van der Waals surface area (Å²) in [4.78, 5) is 8.63. The van der Waals surface area contributed by atoms with Gasteiger partial charge in [0.1, 0.15) is 0 Å². The zero-order chi connectivity index (χ0) is 19.5. The molecule has 0 saturated heterocycles. The molecule has 1 aromatic carbocycles. The fourth-order valence-corrected chi connectivity index (χ4v) is 2.47. The lowest BCUT2D eigenvalue weighted by Gasteiger charge is -2.11.